The quantitative estimate of drug-likeness (QED) is 0.677. The molecule has 0 saturated carbocycles. The summed E-state index contributed by atoms with van der Waals surface area (Å²) < 4.78 is 10.8. The molecule has 1 amide bonds. The van der Waals surface area contributed by atoms with Gasteiger partial charge in [0.1, 0.15) is 17.6 Å². The molecule has 0 radical (unpaired) electrons. The zero-order chi connectivity index (χ0) is 20.9. The molecule has 1 N–H and O–H groups in total. The van der Waals surface area contributed by atoms with Crippen LogP contribution in [-0.2, 0) is 4.79 Å². The zero-order valence-corrected chi connectivity index (χ0v) is 16.4. The first-order valence-electron chi connectivity index (χ1n) is 9.49. The molecule has 1 aliphatic rings. The lowest BCUT2D eigenvalue weighted by atomic mass is 10.0. The summed E-state index contributed by atoms with van der Waals surface area (Å²) in [6.07, 6.45) is 2.14. The van der Waals surface area contributed by atoms with E-state index >= 15 is 0 Å². The Balaban J connectivity index is 1.54. The van der Waals surface area contributed by atoms with E-state index in [2.05, 4.69) is 16.5 Å². The van der Waals surface area contributed by atoms with Gasteiger partial charge in [0, 0.05) is 12.1 Å². The van der Waals surface area contributed by atoms with E-state index in [-0.39, 0.29) is 18.5 Å². The van der Waals surface area contributed by atoms with Gasteiger partial charge in [0.15, 0.2) is 0 Å². The number of carbonyl (C=O) groups excluding carboxylic acids is 1. The molecule has 1 atom stereocenters. The van der Waals surface area contributed by atoms with Gasteiger partial charge in [0.25, 0.3) is 5.91 Å². The molecule has 0 bridgehead atoms. The molecule has 0 fully saturated rings. The van der Waals surface area contributed by atoms with Crippen molar-refractivity contribution in [2.24, 2.45) is 5.10 Å². The highest BCUT2D eigenvalue weighted by molar-refractivity contribution is 6.03. The first kappa shape index (κ1) is 19.3. The fourth-order valence-electron chi connectivity index (χ4n) is 3.36. The number of hydrogen-bond donors (Lipinski definition) is 1. The Hall–Kier alpha value is -4.05. The average molecular weight is 400 g/mol. The molecule has 7 nitrogen and oxygen atoms in total. The third-order valence-electron chi connectivity index (χ3n) is 4.90. The second-order valence-electron chi connectivity index (χ2n) is 6.80. The van der Waals surface area contributed by atoms with Crippen molar-refractivity contribution in [3.05, 3.63) is 83.8 Å². The number of anilines is 1. The smallest absolute Gasteiger partial charge is 0.262 e. The summed E-state index contributed by atoms with van der Waals surface area (Å²) in [5, 5.41) is 18.2. The molecule has 0 spiro atoms. The van der Waals surface area contributed by atoms with Crippen LogP contribution in [0.4, 0.5) is 5.69 Å². The number of nitrogens with zero attached hydrogens (tertiary/aromatic N) is 3. The first-order chi connectivity index (χ1) is 14.7. The van der Waals surface area contributed by atoms with Gasteiger partial charge in [-0.3, -0.25) is 4.79 Å². The van der Waals surface area contributed by atoms with Gasteiger partial charge in [-0.05, 0) is 60.2 Å². The molecular formula is C23H20N4O3. The summed E-state index contributed by atoms with van der Waals surface area (Å²) in [4.78, 5) is 13.0. The van der Waals surface area contributed by atoms with E-state index in [1.807, 2.05) is 36.4 Å². The second-order valence-corrected chi connectivity index (χ2v) is 6.80. The maximum Gasteiger partial charge on any atom is 0.262 e. The Kier molecular flexibility index (Phi) is 5.48. The largest absolute Gasteiger partial charge is 0.497 e. The molecule has 1 aromatic heterocycles. The molecule has 2 aromatic carbocycles. The van der Waals surface area contributed by atoms with Crippen LogP contribution < -0.4 is 10.1 Å². The maximum absolute atomic E-state index is 13.0. The van der Waals surface area contributed by atoms with Crippen LogP contribution in [0.25, 0.3) is 0 Å². The summed E-state index contributed by atoms with van der Waals surface area (Å²) in [6.45, 7) is 0.0471. The molecule has 0 unspecified atom stereocenters. The Labute approximate surface area is 174 Å². The van der Waals surface area contributed by atoms with Gasteiger partial charge in [0.05, 0.1) is 37.3 Å². The molecule has 30 heavy (non-hydrogen) atoms. The highest BCUT2D eigenvalue weighted by Gasteiger charge is 2.34. The summed E-state index contributed by atoms with van der Waals surface area (Å²) in [6, 6.07) is 20.0. The predicted octanol–water partition coefficient (Wildman–Crippen LogP) is 3.95. The van der Waals surface area contributed by atoms with Crippen molar-refractivity contribution in [3.63, 3.8) is 0 Å². The molecule has 2 heterocycles. The minimum atomic E-state index is -0.308. The topological polar surface area (TPSA) is 90.9 Å². The van der Waals surface area contributed by atoms with Crippen molar-refractivity contribution >= 4 is 17.3 Å². The van der Waals surface area contributed by atoms with Crippen molar-refractivity contribution in [3.8, 4) is 11.8 Å². The van der Waals surface area contributed by atoms with E-state index in [9.17, 15) is 4.79 Å². The Morgan fingerprint density at radius 2 is 2.10 bits per heavy atom. The van der Waals surface area contributed by atoms with Crippen molar-refractivity contribution in [1.82, 2.24) is 5.01 Å². The van der Waals surface area contributed by atoms with E-state index in [1.165, 1.54) is 5.01 Å². The first-order valence-corrected chi connectivity index (χ1v) is 9.49. The maximum atomic E-state index is 13.0. The Morgan fingerprint density at radius 1 is 1.27 bits per heavy atom. The number of furan rings is 1. The number of carbonyl (C=O) groups is 1. The van der Waals surface area contributed by atoms with E-state index in [4.69, 9.17) is 14.4 Å². The molecule has 0 saturated heterocycles. The average Bonchev–Trinajstić information content (AvgIpc) is 3.47. The van der Waals surface area contributed by atoms with E-state index in [0.717, 1.165) is 17.0 Å². The third-order valence-corrected chi connectivity index (χ3v) is 4.90. The lowest BCUT2D eigenvalue weighted by Crippen LogP contribution is -2.32. The Bertz CT molecular complexity index is 1100. The number of benzene rings is 2. The minimum absolute atomic E-state index is 0.0471. The lowest BCUT2D eigenvalue weighted by molar-refractivity contribution is -0.131. The second kappa shape index (κ2) is 8.53. The third kappa shape index (κ3) is 4.03. The van der Waals surface area contributed by atoms with Crippen LogP contribution in [0.2, 0.25) is 0 Å². The van der Waals surface area contributed by atoms with Crippen LogP contribution in [0.5, 0.6) is 5.75 Å². The van der Waals surface area contributed by atoms with Gasteiger partial charge in [-0.25, -0.2) is 5.01 Å². The van der Waals surface area contributed by atoms with Crippen LogP contribution >= 0.6 is 0 Å². The van der Waals surface area contributed by atoms with Crippen molar-refractivity contribution in [2.45, 2.75) is 12.5 Å². The fraction of sp³-hybridized carbons (Fsp3) is 0.174. The Morgan fingerprint density at radius 3 is 2.80 bits per heavy atom. The monoisotopic (exact) mass is 400 g/mol. The van der Waals surface area contributed by atoms with E-state index < -0.39 is 0 Å². The molecule has 3 aromatic rings. The SMILES string of the molecule is COc1ccc(C2=NN(C(=O)CNc3cccc(C#N)c3)[C@H](c3ccco3)C2)cc1. The molecule has 1 aliphatic heterocycles. The normalized spacial score (nSPS) is 15.4. The van der Waals surface area contributed by atoms with E-state index in [1.54, 1.807) is 37.6 Å². The zero-order valence-electron chi connectivity index (χ0n) is 16.4. The van der Waals surface area contributed by atoms with Gasteiger partial charge in [-0.15, -0.1) is 0 Å². The number of nitriles is 1. The summed E-state index contributed by atoms with van der Waals surface area (Å²) in [7, 11) is 1.62. The van der Waals surface area contributed by atoms with Gasteiger partial charge < -0.3 is 14.5 Å². The molecule has 4 rings (SSSR count). The number of hydrogen-bond acceptors (Lipinski definition) is 6. The summed E-state index contributed by atoms with van der Waals surface area (Å²) in [5.41, 5.74) is 2.97. The molecular weight excluding hydrogens is 380 g/mol. The van der Waals surface area contributed by atoms with Gasteiger partial charge in [0.2, 0.25) is 0 Å². The number of rotatable bonds is 6. The molecule has 150 valence electrons. The molecule has 0 aliphatic carbocycles. The standard InChI is InChI=1S/C23H20N4O3/c1-29-19-9-7-17(8-10-19)20-13-21(22-6-3-11-30-22)27(26-20)23(28)15-25-18-5-2-4-16(12-18)14-24/h2-12,21,25H,13,15H2,1H3/t21-/m0/s1. The van der Waals surface area contributed by atoms with Crippen LogP contribution in [-0.4, -0.2) is 30.3 Å². The number of nitrogens with one attached hydrogen (secondary N) is 1. The van der Waals surface area contributed by atoms with Crippen LogP contribution in [0, 0.1) is 11.3 Å². The number of hydrazone groups is 1. The lowest BCUT2D eigenvalue weighted by Gasteiger charge is -2.20. The highest BCUT2D eigenvalue weighted by atomic mass is 16.5. The molecule has 7 heteroatoms. The number of ether oxygens (including phenoxy) is 1. The van der Waals surface area contributed by atoms with Crippen LogP contribution in [0.3, 0.4) is 0 Å². The summed E-state index contributed by atoms with van der Waals surface area (Å²) in [5.74, 6) is 1.25. The van der Waals surface area contributed by atoms with Gasteiger partial charge in [-0.1, -0.05) is 6.07 Å². The predicted molar refractivity (Wildman–Crippen MR) is 112 cm³/mol. The van der Waals surface area contributed by atoms with Crippen molar-refractivity contribution in [2.75, 3.05) is 19.0 Å². The summed E-state index contributed by atoms with van der Waals surface area (Å²) >= 11 is 0. The number of methoxy groups -OCH3 is 1. The van der Waals surface area contributed by atoms with Gasteiger partial charge in [-0.2, -0.15) is 10.4 Å². The number of amides is 1. The van der Waals surface area contributed by atoms with E-state index in [0.29, 0.717) is 23.4 Å². The fourth-order valence-corrected chi connectivity index (χ4v) is 3.36. The van der Waals surface area contributed by atoms with Crippen molar-refractivity contribution < 1.29 is 13.9 Å². The van der Waals surface area contributed by atoms with Crippen LogP contribution in [0.15, 0.2) is 76.4 Å². The van der Waals surface area contributed by atoms with Crippen LogP contribution in [0.1, 0.15) is 29.3 Å². The van der Waals surface area contributed by atoms with Crippen molar-refractivity contribution in [1.29, 1.82) is 5.26 Å². The van der Waals surface area contributed by atoms with Gasteiger partial charge >= 0.3 is 0 Å². The highest BCUT2D eigenvalue weighted by Crippen LogP contribution is 2.33. The minimum Gasteiger partial charge on any atom is -0.497 e.